The summed E-state index contributed by atoms with van der Waals surface area (Å²) in [5, 5.41) is 16.0. The number of pyridine rings is 1. The molecule has 0 saturated heterocycles. The third-order valence-electron chi connectivity index (χ3n) is 4.19. The van der Waals surface area contributed by atoms with Crippen LogP contribution in [0.25, 0.3) is 10.8 Å². The molecule has 1 aromatic heterocycles. The van der Waals surface area contributed by atoms with Crippen LogP contribution in [-0.2, 0) is 0 Å². The van der Waals surface area contributed by atoms with Crippen molar-refractivity contribution in [1.82, 2.24) is 10.3 Å². The van der Waals surface area contributed by atoms with E-state index in [4.69, 9.17) is 4.74 Å². The molecule has 0 radical (unpaired) electrons. The van der Waals surface area contributed by atoms with E-state index >= 15 is 0 Å². The molecule has 1 aliphatic heterocycles. The van der Waals surface area contributed by atoms with Crippen LogP contribution >= 0.6 is 0 Å². The largest absolute Gasteiger partial charge is 0.497 e. The van der Waals surface area contributed by atoms with Crippen LogP contribution in [0.4, 0.5) is 0 Å². The maximum atomic E-state index is 10.8. The number of fused-ring (bicyclic) bond motifs is 1. The highest BCUT2D eigenvalue weighted by Crippen LogP contribution is 2.31. The molecule has 1 aromatic carbocycles. The molecule has 0 fully saturated rings. The second kappa shape index (κ2) is 6.20. The monoisotopic (exact) mass is 296 g/mol. The lowest BCUT2D eigenvalue weighted by Gasteiger charge is -2.28. The molecule has 2 atom stereocenters. The van der Waals surface area contributed by atoms with Gasteiger partial charge in [-0.3, -0.25) is 4.98 Å². The first-order valence-electron chi connectivity index (χ1n) is 7.40. The average molecular weight is 296 g/mol. The number of aliphatic hydroxyl groups is 1. The number of nitrogens with one attached hydrogen (secondary N) is 1. The molecule has 0 saturated carbocycles. The molecule has 2 N–H and O–H groups in total. The predicted molar refractivity (Wildman–Crippen MR) is 87.7 cm³/mol. The van der Waals surface area contributed by atoms with Crippen LogP contribution in [0.5, 0.6) is 5.75 Å². The van der Waals surface area contributed by atoms with Crippen molar-refractivity contribution in [2.45, 2.75) is 25.0 Å². The summed E-state index contributed by atoms with van der Waals surface area (Å²) in [7, 11) is 1.64. The Bertz CT molecular complexity index is 724. The molecule has 0 spiro atoms. The number of aromatic nitrogens is 1. The summed E-state index contributed by atoms with van der Waals surface area (Å²) in [5.41, 5.74) is 1.99. The second-order valence-electron chi connectivity index (χ2n) is 5.50. The Kier molecular flexibility index (Phi) is 4.11. The molecule has 114 valence electrons. The van der Waals surface area contributed by atoms with Crippen molar-refractivity contribution < 1.29 is 9.84 Å². The molecule has 4 nitrogen and oxygen atoms in total. The van der Waals surface area contributed by atoms with Crippen LogP contribution in [0, 0.1) is 0 Å². The number of benzene rings is 1. The number of nitrogens with zero attached hydrogens (tertiary/aromatic N) is 1. The smallest absolute Gasteiger partial charge is 0.119 e. The van der Waals surface area contributed by atoms with E-state index in [-0.39, 0.29) is 6.04 Å². The topological polar surface area (TPSA) is 54.4 Å². The van der Waals surface area contributed by atoms with Crippen LogP contribution < -0.4 is 10.1 Å². The first kappa shape index (κ1) is 14.6. The number of aliphatic hydroxyl groups excluding tert-OH is 1. The molecule has 2 aromatic rings. The number of allylic oxidation sites excluding steroid dienone is 2. The number of methoxy groups -OCH3 is 1. The third kappa shape index (κ3) is 2.70. The van der Waals surface area contributed by atoms with E-state index < -0.39 is 6.10 Å². The van der Waals surface area contributed by atoms with Gasteiger partial charge < -0.3 is 15.2 Å². The van der Waals surface area contributed by atoms with Crippen molar-refractivity contribution in [1.29, 1.82) is 0 Å². The molecule has 0 unspecified atom stereocenters. The van der Waals surface area contributed by atoms with Crippen LogP contribution in [0.2, 0.25) is 0 Å². The van der Waals surface area contributed by atoms with Crippen molar-refractivity contribution in [3.05, 3.63) is 60.6 Å². The normalized spacial score (nSPS) is 19.2. The highest BCUT2D eigenvalue weighted by atomic mass is 16.5. The summed E-state index contributed by atoms with van der Waals surface area (Å²) < 4.78 is 5.29. The van der Waals surface area contributed by atoms with Gasteiger partial charge in [0.05, 0.1) is 13.2 Å². The van der Waals surface area contributed by atoms with E-state index in [1.165, 1.54) is 5.57 Å². The van der Waals surface area contributed by atoms with Gasteiger partial charge in [0.15, 0.2) is 0 Å². The molecule has 22 heavy (non-hydrogen) atoms. The number of rotatable bonds is 4. The van der Waals surface area contributed by atoms with E-state index in [0.717, 1.165) is 34.9 Å². The van der Waals surface area contributed by atoms with E-state index in [0.29, 0.717) is 0 Å². The van der Waals surface area contributed by atoms with Gasteiger partial charge in [-0.25, -0.2) is 0 Å². The van der Waals surface area contributed by atoms with Crippen molar-refractivity contribution >= 4 is 10.8 Å². The zero-order chi connectivity index (χ0) is 15.5. The zero-order valence-corrected chi connectivity index (χ0v) is 12.6. The Morgan fingerprint density at radius 1 is 1.45 bits per heavy atom. The van der Waals surface area contributed by atoms with Gasteiger partial charge in [-0.2, -0.15) is 0 Å². The van der Waals surface area contributed by atoms with Crippen molar-refractivity contribution in [3.8, 4) is 5.75 Å². The minimum atomic E-state index is -0.620. The van der Waals surface area contributed by atoms with Crippen molar-refractivity contribution in [2.24, 2.45) is 0 Å². The van der Waals surface area contributed by atoms with Crippen LogP contribution in [0.1, 0.15) is 24.5 Å². The van der Waals surface area contributed by atoms with Crippen LogP contribution in [0.15, 0.2) is 55.0 Å². The summed E-state index contributed by atoms with van der Waals surface area (Å²) in [6, 6.07) is 5.78. The summed E-state index contributed by atoms with van der Waals surface area (Å²) >= 11 is 0. The highest BCUT2D eigenvalue weighted by molar-refractivity contribution is 5.86. The minimum absolute atomic E-state index is 0.0256. The molecule has 0 aliphatic carbocycles. The van der Waals surface area contributed by atoms with Gasteiger partial charge in [-0.05, 0) is 48.2 Å². The Hall–Kier alpha value is -2.33. The van der Waals surface area contributed by atoms with E-state index in [1.807, 2.05) is 30.5 Å². The van der Waals surface area contributed by atoms with Crippen LogP contribution in [0.3, 0.4) is 0 Å². The van der Waals surface area contributed by atoms with E-state index in [2.05, 4.69) is 16.9 Å². The van der Waals surface area contributed by atoms with Crippen molar-refractivity contribution in [3.63, 3.8) is 0 Å². The van der Waals surface area contributed by atoms with Gasteiger partial charge in [0.1, 0.15) is 11.9 Å². The Labute approximate surface area is 130 Å². The fraction of sp³-hybridized carbons (Fsp3) is 0.278. The molecular formula is C18H20N2O2. The third-order valence-corrected chi connectivity index (χ3v) is 4.19. The summed E-state index contributed by atoms with van der Waals surface area (Å²) in [6.45, 7) is 3.78. The lowest BCUT2D eigenvalue weighted by molar-refractivity contribution is 0.129. The number of ether oxygens (including phenoxy) is 1. The van der Waals surface area contributed by atoms with Gasteiger partial charge >= 0.3 is 0 Å². The van der Waals surface area contributed by atoms with Crippen molar-refractivity contribution in [2.75, 3.05) is 7.11 Å². The van der Waals surface area contributed by atoms with Gasteiger partial charge in [0, 0.05) is 23.3 Å². The van der Waals surface area contributed by atoms with E-state index in [9.17, 15) is 5.11 Å². The minimum Gasteiger partial charge on any atom is -0.497 e. The Morgan fingerprint density at radius 2 is 2.32 bits per heavy atom. The Morgan fingerprint density at radius 3 is 3.00 bits per heavy atom. The second-order valence-corrected chi connectivity index (χ2v) is 5.50. The molecule has 0 amide bonds. The molecule has 2 heterocycles. The first-order valence-corrected chi connectivity index (χ1v) is 7.40. The molecule has 1 aliphatic rings. The van der Waals surface area contributed by atoms with Crippen LogP contribution in [-0.4, -0.2) is 23.2 Å². The predicted octanol–water partition coefficient (Wildman–Crippen LogP) is 3.10. The maximum absolute atomic E-state index is 10.8. The maximum Gasteiger partial charge on any atom is 0.119 e. The van der Waals surface area contributed by atoms with Gasteiger partial charge in [0.2, 0.25) is 0 Å². The van der Waals surface area contributed by atoms with Gasteiger partial charge in [-0.15, -0.1) is 0 Å². The quantitative estimate of drug-likeness (QED) is 0.910. The Balaban J connectivity index is 1.95. The zero-order valence-electron chi connectivity index (χ0n) is 12.6. The van der Waals surface area contributed by atoms with Gasteiger partial charge in [0.25, 0.3) is 0 Å². The lowest BCUT2D eigenvalue weighted by Crippen LogP contribution is -2.34. The molecule has 0 bridgehead atoms. The average Bonchev–Trinajstić information content (AvgIpc) is 2.60. The van der Waals surface area contributed by atoms with E-state index in [1.54, 1.807) is 19.5 Å². The SMILES string of the molecule is C=CC1=CN[C@H]([C@H](O)c2cncc3ccc(OC)cc23)CC1. The number of hydrogen-bond acceptors (Lipinski definition) is 4. The fourth-order valence-corrected chi connectivity index (χ4v) is 2.85. The highest BCUT2D eigenvalue weighted by Gasteiger charge is 2.24. The molecular weight excluding hydrogens is 276 g/mol. The molecule has 3 rings (SSSR count). The standard InChI is InChI=1S/C18H20N2O2/c1-3-12-4-7-17(20-9-12)18(21)16-11-19-10-13-5-6-14(22-2)8-15(13)16/h3,5-6,8-11,17-18,20-21H,1,4,7H2,2H3/t17-,18+/m0/s1. The fourth-order valence-electron chi connectivity index (χ4n) is 2.85. The first-order chi connectivity index (χ1) is 10.7. The number of hydrogen-bond donors (Lipinski definition) is 2. The summed E-state index contributed by atoms with van der Waals surface area (Å²) in [6.07, 6.45) is 8.48. The lowest BCUT2D eigenvalue weighted by atomic mass is 9.92. The molecule has 4 heteroatoms. The summed E-state index contributed by atoms with van der Waals surface area (Å²) in [4.78, 5) is 4.26. The van der Waals surface area contributed by atoms with Gasteiger partial charge in [-0.1, -0.05) is 12.7 Å². The summed E-state index contributed by atoms with van der Waals surface area (Å²) in [5.74, 6) is 0.776.